The Labute approximate surface area is 245 Å². The lowest BCUT2D eigenvalue weighted by atomic mass is 9.98. The van der Waals surface area contributed by atoms with Gasteiger partial charge in [0.15, 0.2) is 11.5 Å². The standard InChI is InChI=1S/C30H36N4O4S2/c1-6-12-33-27(32-13-7-8-19(2)18-32)22(20(3)23(17-31)28(33)35)16-26-29(36)34(30(39)40-26)14-11-21-9-10-24(37-4)25(15-21)38-5/h9-10,15-16,19H,6-8,11-14,18H2,1-5H3/b26-16+. The first-order valence-corrected chi connectivity index (χ1v) is 14.8. The van der Waals surface area contributed by atoms with Gasteiger partial charge in [-0.15, -0.1) is 0 Å². The summed E-state index contributed by atoms with van der Waals surface area (Å²) in [7, 11) is 3.19. The Morgan fingerprint density at radius 1 is 1.20 bits per heavy atom. The molecule has 0 radical (unpaired) electrons. The average molecular weight is 581 g/mol. The van der Waals surface area contributed by atoms with Crippen molar-refractivity contribution in [2.75, 3.05) is 38.8 Å². The van der Waals surface area contributed by atoms with E-state index >= 15 is 0 Å². The van der Waals surface area contributed by atoms with Crippen LogP contribution < -0.4 is 19.9 Å². The van der Waals surface area contributed by atoms with Crippen molar-refractivity contribution in [3.63, 3.8) is 0 Å². The summed E-state index contributed by atoms with van der Waals surface area (Å²) in [5.74, 6) is 2.40. The van der Waals surface area contributed by atoms with E-state index in [1.54, 1.807) is 30.6 Å². The van der Waals surface area contributed by atoms with Crippen LogP contribution in [-0.4, -0.2) is 53.5 Å². The van der Waals surface area contributed by atoms with E-state index in [2.05, 4.69) is 17.9 Å². The molecule has 2 saturated heterocycles. The Hall–Kier alpha value is -3.29. The van der Waals surface area contributed by atoms with E-state index in [0.29, 0.717) is 51.7 Å². The number of piperidine rings is 1. The van der Waals surface area contributed by atoms with E-state index in [1.165, 1.54) is 11.8 Å². The Morgan fingerprint density at radius 2 is 1.95 bits per heavy atom. The van der Waals surface area contributed by atoms with Crippen molar-refractivity contribution < 1.29 is 14.3 Å². The van der Waals surface area contributed by atoms with E-state index in [0.717, 1.165) is 49.3 Å². The number of benzene rings is 1. The second kappa shape index (κ2) is 12.9. The molecule has 212 valence electrons. The number of carbonyl (C=O) groups is 1. The molecule has 2 aliphatic heterocycles. The second-order valence-electron chi connectivity index (χ2n) is 10.3. The van der Waals surface area contributed by atoms with Crippen LogP contribution >= 0.6 is 24.0 Å². The summed E-state index contributed by atoms with van der Waals surface area (Å²) in [6, 6.07) is 7.83. The van der Waals surface area contributed by atoms with E-state index in [1.807, 2.05) is 31.2 Å². The van der Waals surface area contributed by atoms with E-state index in [4.69, 9.17) is 21.7 Å². The zero-order valence-electron chi connectivity index (χ0n) is 23.8. The van der Waals surface area contributed by atoms with Gasteiger partial charge in [-0.3, -0.25) is 19.1 Å². The van der Waals surface area contributed by atoms with Crippen molar-refractivity contribution in [3.05, 3.63) is 55.7 Å². The van der Waals surface area contributed by atoms with Crippen LogP contribution in [0.3, 0.4) is 0 Å². The zero-order valence-corrected chi connectivity index (χ0v) is 25.4. The molecular formula is C30H36N4O4S2. The van der Waals surface area contributed by atoms with Crippen molar-refractivity contribution in [1.82, 2.24) is 9.47 Å². The van der Waals surface area contributed by atoms with Crippen LogP contribution in [0, 0.1) is 24.2 Å². The largest absolute Gasteiger partial charge is 0.493 e. The van der Waals surface area contributed by atoms with E-state index < -0.39 is 0 Å². The topological polar surface area (TPSA) is 87.8 Å². The third-order valence-corrected chi connectivity index (χ3v) is 8.85. The van der Waals surface area contributed by atoms with Gasteiger partial charge in [0, 0.05) is 31.7 Å². The number of rotatable bonds is 9. The highest BCUT2D eigenvalue weighted by atomic mass is 32.2. The number of hydrogen-bond donors (Lipinski definition) is 0. The van der Waals surface area contributed by atoms with Crippen LogP contribution in [0.25, 0.3) is 6.08 Å². The van der Waals surface area contributed by atoms with Gasteiger partial charge >= 0.3 is 0 Å². The molecule has 2 aromatic rings. The SMILES string of the molecule is CCCn1c(N2CCCC(C)C2)c(/C=C2/SC(=S)N(CCc3ccc(OC)c(OC)c3)C2=O)c(C)c(C#N)c1=O. The number of amides is 1. The maximum Gasteiger partial charge on any atom is 0.270 e. The summed E-state index contributed by atoms with van der Waals surface area (Å²) >= 11 is 6.88. The number of pyridine rings is 1. The first-order valence-electron chi connectivity index (χ1n) is 13.6. The first kappa shape index (κ1) is 29.7. The molecule has 1 aromatic heterocycles. The Bertz CT molecular complexity index is 1440. The fraction of sp³-hybridized carbons (Fsp3) is 0.467. The van der Waals surface area contributed by atoms with Crippen molar-refractivity contribution in [2.24, 2.45) is 5.92 Å². The average Bonchev–Trinajstić information content (AvgIpc) is 3.21. The minimum absolute atomic E-state index is 0.123. The monoisotopic (exact) mass is 580 g/mol. The number of carbonyl (C=O) groups excluding carboxylic acids is 1. The van der Waals surface area contributed by atoms with Gasteiger partial charge in [-0.25, -0.2) is 0 Å². The number of nitrogens with zero attached hydrogens (tertiary/aromatic N) is 4. The maximum atomic E-state index is 13.6. The number of hydrogen-bond acceptors (Lipinski definition) is 8. The molecular weight excluding hydrogens is 544 g/mol. The fourth-order valence-electron chi connectivity index (χ4n) is 5.40. The molecule has 0 N–H and O–H groups in total. The lowest BCUT2D eigenvalue weighted by molar-refractivity contribution is -0.122. The summed E-state index contributed by atoms with van der Waals surface area (Å²) in [5.41, 5.74) is 2.20. The number of nitriles is 1. The van der Waals surface area contributed by atoms with Crippen LogP contribution in [-0.2, 0) is 17.8 Å². The molecule has 1 aromatic carbocycles. The molecule has 2 aliphatic rings. The number of aromatic nitrogens is 1. The normalized spacial score (nSPS) is 18.4. The minimum atomic E-state index is -0.269. The van der Waals surface area contributed by atoms with Gasteiger partial charge < -0.3 is 14.4 Å². The molecule has 4 rings (SSSR count). The van der Waals surface area contributed by atoms with Gasteiger partial charge in [0.1, 0.15) is 21.8 Å². The number of anilines is 1. The molecule has 0 bridgehead atoms. The summed E-state index contributed by atoms with van der Waals surface area (Å²) < 4.78 is 13.0. The summed E-state index contributed by atoms with van der Waals surface area (Å²) in [6.45, 7) is 8.61. The van der Waals surface area contributed by atoms with Crippen LogP contribution in [0.4, 0.5) is 5.82 Å². The molecule has 0 aliphatic carbocycles. The first-order chi connectivity index (χ1) is 19.2. The lowest BCUT2D eigenvalue weighted by Gasteiger charge is -2.36. The quantitative estimate of drug-likeness (QED) is 0.298. The van der Waals surface area contributed by atoms with Gasteiger partial charge in [0.05, 0.1) is 19.1 Å². The highest BCUT2D eigenvalue weighted by Gasteiger charge is 2.33. The number of thiocarbonyl (C=S) groups is 1. The van der Waals surface area contributed by atoms with E-state index in [-0.39, 0.29) is 17.0 Å². The molecule has 1 atom stereocenters. The molecule has 1 unspecified atom stereocenters. The van der Waals surface area contributed by atoms with Gasteiger partial charge in [-0.1, -0.05) is 43.9 Å². The molecule has 1 amide bonds. The van der Waals surface area contributed by atoms with Crippen molar-refractivity contribution >= 4 is 46.1 Å². The molecule has 0 spiro atoms. The van der Waals surface area contributed by atoms with Crippen LogP contribution in [0.5, 0.6) is 11.5 Å². The summed E-state index contributed by atoms with van der Waals surface area (Å²) in [6.07, 6.45) is 5.35. The second-order valence-corrected chi connectivity index (χ2v) is 11.9. The lowest BCUT2D eigenvalue weighted by Crippen LogP contribution is -2.40. The van der Waals surface area contributed by atoms with Gasteiger partial charge in [-0.2, -0.15) is 5.26 Å². The predicted molar refractivity (Wildman–Crippen MR) is 164 cm³/mol. The predicted octanol–water partition coefficient (Wildman–Crippen LogP) is 5.14. The smallest absolute Gasteiger partial charge is 0.270 e. The Balaban J connectivity index is 1.71. The molecule has 0 saturated carbocycles. The van der Waals surface area contributed by atoms with Crippen molar-refractivity contribution in [1.29, 1.82) is 5.26 Å². The highest BCUT2D eigenvalue weighted by molar-refractivity contribution is 8.26. The molecule has 40 heavy (non-hydrogen) atoms. The zero-order chi connectivity index (χ0) is 29.0. The molecule has 2 fully saturated rings. The minimum Gasteiger partial charge on any atom is -0.493 e. The molecule has 3 heterocycles. The maximum absolute atomic E-state index is 13.6. The Kier molecular flexibility index (Phi) is 9.59. The van der Waals surface area contributed by atoms with Crippen LogP contribution in [0.1, 0.15) is 55.4 Å². The van der Waals surface area contributed by atoms with Crippen molar-refractivity contribution in [3.8, 4) is 17.6 Å². The summed E-state index contributed by atoms with van der Waals surface area (Å²) in [4.78, 5) is 31.4. The number of thioether (sulfide) groups is 1. The molecule has 10 heteroatoms. The third-order valence-electron chi connectivity index (χ3n) is 7.47. The Morgan fingerprint density at radius 3 is 2.60 bits per heavy atom. The highest BCUT2D eigenvalue weighted by Crippen LogP contribution is 2.37. The van der Waals surface area contributed by atoms with Crippen LogP contribution in [0.2, 0.25) is 0 Å². The van der Waals surface area contributed by atoms with Crippen LogP contribution in [0.15, 0.2) is 27.9 Å². The third kappa shape index (κ3) is 5.91. The van der Waals surface area contributed by atoms with Gasteiger partial charge in [-0.05, 0) is 67.9 Å². The number of ether oxygens (including phenoxy) is 2. The van der Waals surface area contributed by atoms with Gasteiger partial charge in [0.25, 0.3) is 11.5 Å². The fourth-order valence-corrected chi connectivity index (χ4v) is 6.69. The van der Waals surface area contributed by atoms with Crippen molar-refractivity contribution in [2.45, 2.75) is 53.0 Å². The van der Waals surface area contributed by atoms with Gasteiger partial charge in [0.2, 0.25) is 0 Å². The van der Waals surface area contributed by atoms with E-state index in [9.17, 15) is 14.9 Å². The molecule has 8 nitrogen and oxygen atoms in total. The number of methoxy groups -OCH3 is 2. The summed E-state index contributed by atoms with van der Waals surface area (Å²) in [5, 5.41) is 9.89.